The predicted octanol–water partition coefficient (Wildman–Crippen LogP) is 3.92. The largest absolute Gasteiger partial charge is 0.486 e. The molecule has 1 saturated heterocycles. The number of aryl methyl sites for hydroxylation is 1. The maximum absolute atomic E-state index is 12.7. The maximum Gasteiger partial charge on any atom is 0.228 e. The highest BCUT2D eigenvalue weighted by Gasteiger charge is 2.22. The fourth-order valence-electron chi connectivity index (χ4n) is 3.54. The van der Waals surface area contributed by atoms with Crippen LogP contribution in [-0.4, -0.2) is 46.9 Å². The molecule has 30 heavy (non-hydrogen) atoms. The number of carbonyl (C=O) groups excluding carboxylic acids is 1. The van der Waals surface area contributed by atoms with E-state index in [-0.39, 0.29) is 5.91 Å². The summed E-state index contributed by atoms with van der Waals surface area (Å²) in [5.74, 6) is 0.993. The first-order valence-electron chi connectivity index (χ1n) is 10.3. The Bertz CT molecular complexity index is 948. The number of hydrogen-bond acceptors (Lipinski definition) is 5. The van der Waals surface area contributed by atoms with Crippen molar-refractivity contribution in [3.63, 3.8) is 0 Å². The Morgan fingerprint density at radius 3 is 2.50 bits per heavy atom. The van der Waals surface area contributed by atoms with E-state index in [0.29, 0.717) is 13.0 Å². The molecule has 5 nitrogen and oxygen atoms in total. The molecule has 1 aliphatic heterocycles. The highest BCUT2D eigenvalue weighted by atomic mass is 32.1. The second-order valence-electron chi connectivity index (χ2n) is 7.65. The number of rotatable bonds is 7. The van der Waals surface area contributed by atoms with Crippen LogP contribution < -0.4 is 4.74 Å². The SMILES string of the molecule is Cc1ccc(OCc2nc(CC(=O)N3CCN(Cc4ccccc4)CC3)cs2)cc1. The molecule has 2 aromatic carbocycles. The molecule has 156 valence electrons. The van der Waals surface area contributed by atoms with Crippen molar-refractivity contribution in [2.24, 2.45) is 0 Å². The minimum Gasteiger partial charge on any atom is -0.486 e. The van der Waals surface area contributed by atoms with E-state index in [2.05, 4.69) is 41.1 Å². The molecule has 0 radical (unpaired) electrons. The van der Waals surface area contributed by atoms with Gasteiger partial charge in [-0.3, -0.25) is 9.69 Å². The summed E-state index contributed by atoms with van der Waals surface area (Å²) in [4.78, 5) is 21.6. The number of thiazole rings is 1. The minimum absolute atomic E-state index is 0.158. The van der Waals surface area contributed by atoms with Crippen LogP contribution in [0.3, 0.4) is 0 Å². The van der Waals surface area contributed by atoms with Gasteiger partial charge in [-0.05, 0) is 24.6 Å². The van der Waals surface area contributed by atoms with E-state index in [1.165, 1.54) is 11.1 Å². The predicted molar refractivity (Wildman–Crippen MR) is 120 cm³/mol. The Kier molecular flexibility index (Phi) is 6.77. The summed E-state index contributed by atoms with van der Waals surface area (Å²) in [6, 6.07) is 18.5. The molecule has 2 heterocycles. The molecule has 0 aliphatic carbocycles. The van der Waals surface area contributed by atoms with Crippen molar-refractivity contribution < 1.29 is 9.53 Å². The second kappa shape index (κ2) is 9.87. The lowest BCUT2D eigenvalue weighted by molar-refractivity contribution is -0.132. The number of ether oxygens (including phenoxy) is 1. The summed E-state index contributed by atoms with van der Waals surface area (Å²) in [5.41, 5.74) is 3.36. The van der Waals surface area contributed by atoms with Crippen LogP contribution in [0.2, 0.25) is 0 Å². The molecular formula is C24H27N3O2S. The number of piperazine rings is 1. The Hall–Kier alpha value is -2.70. The zero-order valence-corrected chi connectivity index (χ0v) is 18.1. The molecule has 0 bridgehead atoms. The number of aromatic nitrogens is 1. The fourth-order valence-corrected chi connectivity index (χ4v) is 4.24. The van der Waals surface area contributed by atoms with Gasteiger partial charge in [0.2, 0.25) is 5.91 Å². The first-order chi connectivity index (χ1) is 14.7. The van der Waals surface area contributed by atoms with Crippen LogP contribution in [0, 0.1) is 6.92 Å². The van der Waals surface area contributed by atoms with Gasteiger partial charge < -0.3 is 9.64 Å². The minimum atomic E-state index is 0.158. The molecule has 0 saturated carbocycles. The van der Waals surface area contributed by atoms with E-state index >= 15 is 0 Å². The summed E-state index contributed by atoms with van der Waals surface area (Å²) in [6.45, 7) is 6.80. The first-order valence-corrected chi connectivity index (χ1v) is 11.2. The number of carbonyl (C=O) groups is 1. The lowest BCUT2D eigenvalue weighted by atomic mass is 10.2. The summed E-state index contributed by atoms with van der Waals surface area (Å²) in [7, 11) is 0. The first kappa shape index (κ1) is 20.6. The normalized spacial score (nSPS) is 14.6. The number of amides is 1. The van der Waals surface area contributed by atoms with Gasteiger partial charge in [-0.25, -0.2) is 4.98 Å². The third-order valence-electron chi connectivity index (χ3n) is 5.29. The lowest BCUT2D eigenvalue weighted by Gasteiger charge is -2.34. The summed E-state index contributed by atoms with van der Waals surface area (Å²) >= 11 is 1.55. The van der Waals surface area contributed by atoms with Crippen LogP contribution in [0.5, 0.6) is 5.75 Å². The number of nitrogens with zero attached hydrogens (tertiary/aromatic N) is 3. The van der Waals surface area contributed by atoms with Crippen molar-refractivity contribution in [3.8, 4) is 5.75 Å². The molecule has 4 rings (SSSR count). The Morgan fingerprint density at radius 1 is 1.03 bits per heavy atom. The van der Waals surface area contributed by atoms with Crippen molar-refractivity contribution in [1.29, 1.82) is 0 Å². The van der Waals surface area contributed by atoms with Gasteiger partial charge in [0.05, 0.1) is 12.1 Å². The van der Waals surface area contributed by atoms with Crippen molar-refractivity contribution in [3.05, 3.63) is 81.8 Å². The highest BCUT2D eigenvalue weighted by molar-refractivity contribution is 7.09. The Morgan fingerprint density at radius 2 is 1.77 bits per heavy atom. The maximum atomic E-state index is 12.7. The number of hydrogen-bond donors (Lipinski definition) is 0. The molecule has 1 aromatic heterocycles. The van der Waals surface area contributed by atoms with E-state index in [4.69, 9.17) is 4.74 Å². The summed E-state index contributed by atoms with van der Waals surface area (Å²) < 4.78 is 5.79. The molecular weight excluding hydrogens is 394 g/mol. The third kappa shape index (κ3) is 5.68. The van der Waals surface area contributed by atoms with E-state index in [9.17, 15) is 4.79 Å². The van der Waals surface area contributed by atoms with Crippen LogP contribution in [0.1, 0.15) is 21.8 Å². The zero-order chi connectivity index (χ0) is 20.8. The molecule has 0 atom stereocenters. The standard InChI is InChI=1S/C24H27N3O2S/c1-19-7-9-22(10-8-19)29-17-23-25-21(18-30-23)15-24(28)27-13-11-26(12-14-27)16-20-5-3-2-4-6-20/h2-10,18H,11-17H2,1H3. The molecule has 0 unspecified atom stereocenters. The second-order valence-corrected chi connectivity index (χ2v) is 8.60. The van der Waals surface area contributed by atoms with E-state index in [0.717, 1.165) is 49.2 Å². The van der Waals surface area contributed by atoms with Gasteiger partial charge in [0.1, 0.15) is 17.4 Å². The van der Waals surface area contributed by atoms with Crippen LogP contribution in [0.15, 0.2) is 60.0 Å². The lowest BCUT2D eigenvalue weighted by Crippen LogP contribution is -2.48. The van der Waals surface area contributed by atoms with Gasteiger partial charge >= 0.3 is 0 Å². The average Bonchev–Trinajstić information content (AvgIpc) is 3.22. The van der Waals surface area contributed by atoms with Crippen molar-refractivity contribution in [2.75, 3.05) is 26.2 Å². The van der Waals surface area contributed by atoms with Gasteiger partial charge in [0, 0.05) is 38.1 Å². The Balaban J connectivity index is 1.22. The molecule has 1 amide bonds. The summed E-state index contributed by atoms with van der Waals surface area (Å²) in [6.07, 6.45) is 0.361. The quantitative estimate of drug-likeness (QED) is 0.580. The van der Waals surface area contributed by atoms with E-state index in [1.54, 1.807) is 11.3 Å². The molecule has 1 aliphatic rings. The molecule has 1 fully saturated rings. The molecule has 3 aromatic rings. The van der Waals surface area contributed by atoms with Crippen LogP contribution in [-0.2, 0) is 24.4 Å². The molecule has 6 heteroatoms. The van der Waals surface area contributed by atoms with Crippen molar-refractivity contribution >= 4 is 17.2 Å². The van der Waals surface area contributed by atoms with Gasteiger partial charge in [-0.2, -0.15) is 0 Å². The third-order valence-corrected chi connectivity index (χ3v) is 6.16. The van der Waals surface area contributed by atoms with E-state index in [1.807, 2.05) is 40.6 Å². The van der Waals surface area contributed by atoms with Crippen molar-refractivity contribution in [2.45, 2.75) is 26.5 Å². The summed E-state index contributed by atoms with van der Waals surface area (Å²) in [5, 5.41) is 2.86. The van der Waals surface area contributed by atoms with Crippen LogP contribution in [0.25, 0.3) is 0 Å². The fraction of sp³-hybridized carbons (Fsp3) is 0.333. The van der Waals surface area contributed by atoms with Crippen LogP contribution >= 0.6 is 11.3 Å². The Labute approximate surface area is 181 Å². The topological polar surface area (TPSA) is 45.7 Å². The van der Waals surface area contributed by atoms with E-state index < -0.39 is 0 Å². The van der Waals surface area contributed by atoms with Crippen molar-refractivity contribution in [1.82, 2.24) is 14.8 Å². The van der Waals surface area contributed by atoms with Gasteiger partial charge in [0.15, 0.2) is 0 Å². The number of benzene rings is 2. The van der Waals surface area contributed by atoms with Gasteiger partial charge in [0.25, 0.3) is 0 Å². The molecule has 0 N–H and O–H groups in total. The zero-order valence-electron chi connectivity index (χ0n) is 17.3. The highest BCUT2D eigenvalue weighted by Crippen LogP contribution is 2.17. The monoisotopic (exact) mass is 421 g/mol. The van der Waals surface area contributed by atoms with Gasteiger partial charge in [-0.1, -0.05) is 48.0 Å². The van der Waals surface area contributed by atoms with Crippen LogP contribution in [0.4, 0.5) is 0 Å². The molecule has 0 spiro atoms. The average molecular weight is 422 g/mol. The smallest absolute Gasteiger partial charge is 0.228 e. The van der Waals surface area contributed by atoms with Gasteiger partial charge in [-0.15, -0.1) is 11.3 Å².